The fraction of sp³-hybridized carbons (Fsp3) is 0.333. The lowest BCUT2D eigenvalue weighted by atomic mass is 9.92. The van der Waals surface area contributed by atoms with E-state index in [1.807, 2.05) is 44.5 Å². The predicted molar refractivity (Wildman–Crippen MR) is 139 cm³/mol. The molecule has 0 saturated carbocycles. The first-order chi connectivity index (χ1) is 16.1. The number of aromatic nitrogens is 1. The smallest absolute Gasteiger partial charge is 0.407 e. The number of methoxy groups -OCH3 is 1. The third-order valence-corrected chi connectivity index (χ3v) is 6.59. The van der Waals surface area contributed by atoms with Crippen molar-refractivity contribution >= 4 is 39.1 Å². The molecule has 2 N–H and O–H groups in total. The molecule has 0 fully saturated rings. The van der Waals surface area contributed by atoms with Gasteiger partial charge in [0, 0.05) is 28.3 Å². The Morgan fingerprint density at radius 2 is 1.82 bits per heavy atom. The first-order valence-electron chi connectivity index (χ1n) is 11.3. The number of amides is 1. The maximum atomic E-state index is 12.6. The highest BCUT2D eigenvalue weighted by atomic mass is 32.1. The first kappa shape index (κ1) is 23.8. The zero-order chi connectivity index (χ0) is 24.6. The van der Waals surface area contributed by atoms with Gasteiger partial charge >= 0.3 is 6.09 Å². The van der Waals surface area contributed by atoms with Crippen LogP contribution in [0.15, 0.2) is 45.9 Å². The minimum atomic E-state index is -0.525. The van der Waals surface area contributed by atoms with Crippen LogP contribution in [-0.2, 0) is 4.74 Å². The molecule has 7 heteroatoms. The largest absolute Gasteiger partial charge is 0.496 e. The Morgan fingerprint density at radius 1 is 1.15 bits per heavy atom. The number of rotatable bonds is 5. The second-order valence-electron chi connectivity index (χ2n) is 9.58. The molecule has 178 valence electrons. The molecular formula is C27H30N2O4S. The minimum absolute atomic E-state index is 0.0790. The summed E-state index contributed by atoms with van der Waals surface area (Å²) in [5.74, 6) is 0.870. The molecule has 0 saturated heterocycles. The number of hydrogen-bond acceptors (Lipinski definition) is 5. The van der Waals surface area contributed by atoms with Gasteiger partial charge in [0.1, 0.15) is 11.4 Å². The van der Waals surface area contributed by atoms with Crippen LogP contribution in [0.25, 0.3) is 32.8 Å². The number of aryl methyl sites for hydroxylation is 1. The summed E-state index contributed by atoms with van der Waals surface area (Å²) in [6.45, 7) is 10.0. The average Bonchev–Trinajstić information content (AvgIpc) is 3.28. The van der Waals surface area contributed by atoms with Gasteiger partial charge in [-0.15, -0.1) is 0 Å². The molecule has 0 aliphatic heterocycles. The quantitative estimate of drug-likeness (QED) is 0.350. The highest BCUT2D eigenvalue weighted by Crippen LogP contribution is 2.41. The molecule has 0 radical (unpaired) electrons. The Morgan fingerprint density at radius 3 is 2.47 bits per heavy atom. The highest BCUT2D eigenvalue weighted by Gasteiger charge is 2.19. The van der Waals surface area contributed by atoms with Gasteiger partial charge in [-0.05, 0) is 61.7 Å². The normalized spacial score (nSPS) is 12.6. The van der Waals surface area contributed by atoms with Crippen molar-refractivity contribution in [1.29, 1.82) is 0 Å². The van der Waals surface area contributed by atoms with Crippen molar-refractivity contribution in [3.63, 3.8) is 0 Å². The summed E-state index contributed by atoms with van der Waals surface area (Å²) in [5.41, 5.74) is 4.23. The lowest BCUT2D eigenvalue weighted by Crippen LogP contribution is -2.34. The van der Waals surface area contributed by atoms with Crippen molar-refractivity contribution in [2.24, 2.45) is 0 Å². The van der Waals surface area contributed by atoms with E-state index in [9.17, 15) is 9.59 Å². The summed E-state index contributed by atoms with van der Waals surface area (Å²) < 4.78 is 11.1. The molecule has 0 aliphatic rings. The van der Waals surface area contributed by atoms with Crippen LogP contribution in [0.1, 0.15) is 44.7 Å². The molecule has 0 bridgehead atoms. The Labute approximate surface area is 202 Å². The van der Waals surface area contributed by atoms with Crippen molar-refractivity contribution in [2.45, 2.75) is 46.1 Å². The molecule has 2 aromatic carbocycles. The summed E-state index contributed by atoms with van der Waals surface area (Å²) in [6, 6.07) is 10.2. The Kier molecular flexibility index (Phi) is 6.41. The van der Waals surface area contributed by atoms with Gasteiger partial charge in [0.25, 0.3) is 5.56 Å². The number of ether oxygens (including phenoxy) is 2. The van der Waals surface area contributed by atoms with E-state index < -0.39 is 11.7 Å². The van der Waals surface area contributed by atoms with E-state index in [2.05, 4.69) is 41.5 Å². The number of H-pyrrole nitrogens is 1. The lowest BCUT2D eigenvalue weighted by molar-refractivity contribution is 0.0525. The van der Waals surface area contributed by atoms with E-state index in [1.54, 1.807) is 7.11 Å². The lowest BCUT2D eigenvalue weighted by Gasteiger charge is -2.21. The summed E-state index contributed by atoms with van der Waals surface area (Å²) in [5, 5.41) is 9.35. The summed E-state index contributed by atoms with van der Waals surface area (Å²) in [4.78, 5) is 27.7. The number of carbonyl (C=O) groups is 1. The topological polar surface area (TPSA) is 80.4 Å². The van der Waals surface area contributed by atoms with Crippen molar-refractivity contribution < 1.29 is 14.3 Å². The number of thiophene rings is 1. The fourth-order valence-corrected chi connectivity index (χ4v) is 4.98. The van der Waals surface area contributed by atoms with E-state index in [0.29, 0.717) is 11.9 Å². The number of hydrogen-bond donors (Lipinski definition) is 2. The van der Waals surface area contributed by atoms with Crippen molar-refractivity contribution in [1.82, 2.24) is 10.3 Å². The average molecular weight is 479 g/mol. The molecule has 1 amide bonds. The molecule has 6 nitrogen and oxygen atoms in total. The second-order valence-corrected chi connectivity index (χ2v) is 10.3. The number of nitrogens with one attached hydrogen (secondary N) is 2. The van der Waals surface area contributed by atoms with Crippen molar-refractivity contribution in [2.75, 3.05) is 13.7 Å². The standard InChI is InChI=1S/C27H30N2O4S/c1-15-11-21(32-6)22(23-19-13-34-14-20(19)25(30)29-24(15)23)18-9-7-17(8-10-18)16(2)12-28-26(31)33-27(3,4)5/h7-11,13-14,16H,12H2,1-6H3,(H,28,31)(H,29,30)/t16-/m0/s1. The van der Waals surface area contributed by atoms with Crippen LogP contribution in [-0.4, -0.2) is 30.3 Å². The van der Waals surface area contributed by atoms with Crippen LogP contribution in [0.5, 0.6) is 5.75 Å². The molecule has 0 spiro atoms. The molecule has 2 heterocycles. The molecule has 4 rings (SSSR count). The predicted octanol–water partition coefficient (Wildman–Crippen LogP) is 6.36. The molecule has 0 unspecified atom stereocenters. The van der Waals surface area contributed by atoms with E-state index in [1.165, 1.54) is 11.3 Å². The van der Waals surface area contributed by atoms with Gasteiger partial charge in [-0.25, -0.2) is 4.79 Å². The highest BCUT2D eigenvalue weighted by molar-refractivity contribution is 7.09. The number of fused-ring (bicyclic) bond motifs is 3. The van der Waals surface area contributed by atoms with Crippen LogP contribution in [0.4, 0.5) is 4.79 Å². The Balaban J connectivity index is 1.70. The molecular weight excluding hydrogens is 448 g/mol. The molecule has 34 heavy (non-hydrogen) atoms. The SMILES string of the molecule is COc1cc(C)c2[nH]c(=O)c3cscc3c2c1-c1ccc([C@@H](C)CNC(=O)OC(C)(C)C)cc1. The van der Waals surface area contributed by atoms with Gasteiger partial charge < -0.3 is 19.8 Å². The fourth-order valence-electron chi connectivity index (χ4n) is 4.16. The van der Waals surface area contributed by atoms with E-state index in [4.69, 9.17) is 9.47 Å². The summed E-state index contributed by atoms with van der Waals surface area (Å²) >= 11 is 1.52. The van der Waals surface area contributed by atoms with Crippen molar-refractivity contribution in [3.8, 4) is 16.9 Å². The second kappa shape index (κ2) is 9.14. The van der Waals surface area contributed by atoms with Gasteiger partial charge in [-0.1, -0.05) is 31.2 Å². The number of aromatic amines is 1. The van der Waals surface area contributed by atoms with Crippen LogP contribution < -0.4 is 15.6 Å². The van der Waals surface area contributed by atoms with Gasteiger partial charge in [0.15, 0.2) is 0 Å². The maximum absolute atomic E-state index is 12.6. The molecule has 1 atom stereocenters. The third kappa shape index (κ3) is 4.66. The van der Waals surface area contributed by atoms with E-state index in [0.717, 1.165) is 44.3 Å². The van der Waals surface area contributed by atoms with Gasteiger partial charge in [0.05, 0.1) is 18.0 Å². The van der Waals surface area contributed by atoms with Crippen LogP contribution in [0.3, 0.4) is 0 Å². The number of carbonyl (C=O) groups excluding carboxylic acids is 1. The van der Waals surface area contributed by atoms with Gasteiger partial charge in [-0.2, -0.15) is 11.3 Å². The number of pyridine rings is 1. The summed E-state index contributed by atoms with van der Waals surface area (Å²) in [6.07, 6.45) is -0.416. The van der Waals surface area contributed by atoms with Crippen LogP contribution >= 0.6 is 11.3 Å². The number of benzene rings is 2. The third-order valence-electron chi connectivity index (χ3n) is 5.84. The monoisotopic (exact) mass is 478 g/mol. The molecule has 0 aliphatic carbocycles. The van der Waals surface area contributed by atoms with Crippen LogP contribution in [0.2, 0.25) is 0 Å². The Hall–Kier alpha value is -3.32. The van der Waals surface area contributed by atoms with Crippen molar-refractivity contribution in [3.05, 3.63) is 62.6 Å². The van der Waals surface area contributed by atoms with Gasteiger partial charge in [0.2, 0.25) is 0 Å². The first-order valence-corrected chi connectivity index (χ1v) is 12.2. The summed E-state index contributed by atoms with van der Waals surface area (Å²) in [7, 11) is 1.67. The zero-order valence-corrected chi connectivity index (χ0v) is 21.2. The van der Waals surface area contributed by atoms with E-state index in [-0.39, 0.29) is 11.5 Å². The number of alkyl carbamates (subject to hydrolysis) is 1. The van der Waals surface area contributed by atoms with Crippen LogP contribution in [0, 0.1) is 6.92 Å². The van der Waals surface area contributed by atoms with Gasteiger partial charge in [-0.3, -0.25) is 4.79 Å². The van der Waals surface area contributed by atoms with E-state index >= 15 is 0 Å². The maximum Gasteiger partial charge on any atom is 0.407 e. The Bertz CT molecular complexity index is 1410. The molecule has 4 aromatic rings. The molecule has 2 aromatic heterocycles. The minimum Gasteiger partial charge on any atom is -0.496 e. The zero-order valence-electron chi connectivity index (χ0n) is 20.4.